The zero-order valence-electron chi connectivity index (χ0n) is 16.6. The Balaban J connectivity index is 1.90. The zero-order chi connectivity index (χ0) is 20.4. The SMILES string of the molecule is COc1ccc(C)cc1NC(=O)c1c(-c2ccccc2)nnc2ccc(C)cc12. The van der Waals surface area contributed by atoms with Crippen molar-refractivity contribution in [2.75, 3.05) is 12.4 Å². The molecule has 4 rings (SSSR count). The van der Waals surface area contributed by atoms with Crippen molar-refractivity contribution in [2.24, 2.45) is 0 Å². The van der Waals surface area contributed by atoms with Crippen LogP contribution in [-0.4, -0.2) is 23.2 Å². The molecule has 1 aromatic heterocycles. The van der Waals surface area contributed by atoms with Gasteiger partial charge in [0.05, 0.1) is 23.9 Å². The molecular weight excluding hydrogens is 362 g/mol. The summed E-state index contributed by atoms with van der Waals surface area (Å²) in [6, 6.07) is 21.1. The number of hydrogen-bond donors (Lipinski definition) is 1. The zero-order valence-corrected chi connectivity index (χ0v) is 16.6. The average molecular weight is 383 g/mol. The summed E-state index contributed by atoms with van der Waals surface area (Å²) >= 11 is 0. The third-order valence-electron chi connectivity index (χ3n) is 4.79. The highest BCUT2D eigenvalue weighted by atomic mass is 16.5. The van der Waals surface area contributed by atoms with Gasteiger partial charge in [-0.25, -0.2) is 0 Å². The lowest BCUT2D eigenvalue weighted by atomic mass is 10.00. The molecule has 0 radical (unpaired) electrons. The molecule has 29 heavy (non-hydrogen) atoms. The van der Waals surface area contributed by atoms with Crippen molar-refractivity contribution < 1.29 is 9.53 Å². The van der Waals surface area contributed by atoms with E-state index >= 15 is 0 Å². The number of methoxy groups -OCH3 is 1. The Hall–Kier alpha value is -3.73. The van der Waals surface area contributed by atoms with E-state index in [0.29, 0.717) is 28.2 Å². The molecule has 0 atom stereocenters. The van der Waals surface area contributed by atoms with Crippen LogP contribution in [0.5, 0.6) is 5.75 Å². The van der Waals surface area contributed by atoms with Gasteiger partial charge in [-0.3, -0.25) is 4.79 Å². The van der Waals surface area contributed by atoms with Gasteiger partial charge in [0.25, 0.3) is 5.91 Å². The van der Waals surface area contributed by atoms with Crippen molar-refractivity contribution in [3.8, 4) is 17.0 Å². The maximum absolute atomic E-state index is 13.5. The van der Waals surface area contributed by atoms with Crippen LogP contribution in [-0.2, 0) is 0 Å². The first-order valence-corrected chi connectivity index (χ1v) is 9.35. The molecule has 5 heteroatoms. The van der Waals surface area contributed by atoms with Gasteiger partial charge in [0.1, 0.15) is 11.4 Å². The third-order valence-corrected chi connectivity index (χ3v) is 4.79. The topological polar surface area (TPSA) is 64.1 Å². The summed E-state index contributed by atoms with van der Waals surface area (Å²) in [5.74, 6) is 0.353. The maximum Gasteiger partial charge on any atom is 0.258 e. The van der Waals surface area contributed by atoms with E-state index in [1.807, 2.05) is 80.6 Å². The number of rotatable bonds is 4. The molecule has 0 spiro atoms. The molecule has 0 unspecified atom stereocenters. The minimum atomic E-state index is -0.252. The standard InChI is InChI=1S/C24H21N3O2/c1-15-9-11-19-18(13-15)22(23(27-26-19)17-7-5-4-6-8-17)24(28)25-20-14-16(2)10-12-21(20)29-3/h4-14H,1-3H3,(H,25,28). The molecule has 4 aromatic rings. The van der Waals surface area contributed by atoms with E-state index in [-0.39, 0.29) is 5.91 Å². The smallest absolute Gasteiger partial charge is 0.258 e. The normalized spacial score (nSPS) is 10.7. The largest absolute Gasteiger partial charge is 0.495 e. The minimum Gasteiger partial charge on any atom is -0.495 e. The Kier molecular flexibility index (Phi) is 4.96. The highest BCUT2D eigenvalue weighted by molar-refractivity contribution is 6.16. The lowest BCUT2D eigenvalue weighted by molar-refractivity contribution is 0.102. The average Bonchev–Trinajstić information content (AvgIpc) is 2.73. The van der Waals surface area contributed by atoms with E-state index in [9.17, 15) is 4.79 Å². The summed E-state index contributed by atoms with van der Waals surface area (Å²) in [4.78, 5) is 13.5. The Bertz CT molecular complexity index is 1200. The van der Waals surface area contributed by atoms with Crippen LogP contribution in [0.4, 0.5) is 5.69 Å². The number of carbonyl (C=O) groups excluding carboxylic acids is 1. The maximum atomic E-state index is 13.5. The number of benzene rings is 3. The van der Waals surface area contributed by atoms with Gasteiger partial charge in [-0.1, -0.05) is 48.0 Å². The van der Waals surface area contributed by atoms with Crippen LogP contribution < -0.4 is 10.1 Å². The monoisotopic (exact) mass is 383 g/mol. The van der Waals surface area contributed by atoms with Crippen LogP contribution in [0.3, 0.4) is 0 Å². The fourth-order valence-corrected chi connectivity index (χ4v) is 3.35. The highest BCUT2D eigenvalue weighted by Gasteiger charge is 2.20. The molecule has 3 aromatic carbocycles. The molecule has 0 aliphatic heterocycles. The number of ether oxygens (including phenoxy) is 1. The fourth-order valence-electron chi connectivity index (χ4n) is 3.35. The van der Waals surface area contributed by atoms with Gasteiger partial charge in [-0.15, -0.1) is 10.2 Å². The fraction of sp³-hybridized carbons (Fsp3) is 0.125. The Morgan fingerprint density at radius 3 is 2.38 bits per heavy atom. The quantitative estimate of drug-likeness (QED) is 0.528. The van der Waals surface area contributed by atoms with Gasteiger partial charge < -0.3 is 10.1 Å². The first-order chi connectivity index (χ1) is 14.1. The predicted octanol–water partition coefficient (Wildman–Crippen LogP) is 5.17. The number of nitrogens with one attached hydrogen (secondary N) is 1. The molecule has 0 bridgehead atoms. The predicted molar refractivity (Wildman–Crippen MR) is 115 cm³/mol. The number of amides is 1. The Morgan fingerprint density at radius 1 is 0.897 bits per heavy atom. The summed E-state index contributed by atoms with van der Waals surface area (Å²) in [6.45, 7) is 3.96. The van der Waals surface area contributed by atoms with Crippen LogP contribution in [0.25, 0.3) is 22.2 Å². The van der Waals surface area contributed by atoms with Crippen LogP contribution in [0, 0.1) is 13.8 Å². The summed E-state index contributed by atoms with van der Waals surface area (Å²) in [5.41, 5.74) is 5.25. The van der Waals surface area contributed by atoms with E-state index in [1.165, 1.54) is 0 Å². The third kappa shape index (κ3) is 3.67. The first-order valence-electron chi connectivity index (χ1n) is 9.35. The number of carbonyl (C=O) groups is 1. The first kappa shape index (κ1) is 18.6. The van der Waals surface area contributed by atoms with Gasteiger partial charge in [0.15, 0.2) is 0 Å². The Labute approximate surface area is 169 Å². The number of fused-ring (bicyclic) bond motifs is 1. The van der Waals surface area contributed by atoms with Crippen LogP contribution >= 0.6 is 0 Å². The highest BCUT2D eigenvalue weighted by Crippen LogP contribution is 2.31. The second-order valence-corrected chi connectivity index (χ2v) is 6.97. The van der Waals surface area contributed by atoms with E-state index in [0.717, 1.165) is 22.1 Å². The number of nitrogens with zero attached hydrogens (tertiary/aromatic N) is 2. The van der Waals surface area contributed by atoms with E-state index < -0.39 is 0 Å². The number of hydrogen-bond acceptors (Lipinski definition) is 4. The van der Waals surface area contributed by atoms with E-state index in [1.54, 1.807) is 7.11 Å². The van der Waals surface area contributed by atoms with Crippen molar-refractivity contribution >= 4 is 22.5 Å². The van der Waals surface area contributed by atoms with Gasteiger partial charge >= 0.3 is 0 Å². The molecule has 0 saturated carbocycles. The van der Waals surface area contributed by atoms with Crippen LogP contribution in [0.2, 0.25) is 0 Å². The molecular formula is C24H21N3O2. The van der Waals surface area contributed by atoms with E-state index in [2.05, 4.69) is 15.5 Å². The molecule has 1 heterocycles. The summed E-state index contributed by atoms with van der Waals surface area (Å²) in [6.07, 6.45) is 0. The number of aromatic nitrogens is 2. The summed E-state index contributed by atoms with van der Waals surface area (Å²) < 4.78 is 5.42. The van der Waals surface area contributed by atoms with Crippen LogP contribution in [0.1, 0.15) is 21.5 Å². The number of anilines is 1. The van der Waals surface area contributed by atoms with Crippen molar-refractivity contribution in [1.29, 1.82) is 0 Å². The van der Waals surface area contributed by atoms with Crippen molar-refractivity contribution in [2.45, 2.75) is 13.8 Å². The molecule has 0 saturated heterocycles. The molecule has 5 nitrogen and oxygen atoms in total. The molecule has 1 N–H and O–H groups in total. The van der Waals surface area contributed by atoms with Crippen molar-refractivity contribution in [3.63, 3.8) is 0 Å². The lowest BCUT2D eigenvalue weighted by Gasteiger charge is -2.14. The lowest BCUT2D eigenvalue weighted by Crippen LogP contribution is -2.16. The van der Waals surface area contributed by atoms with Crippen LogP contribution in [0.15, 0.2) is 66.7 Å². The van der Waals surface area contributed by atoms with Gasteiger partial charge in [-0.05, 0) is 43.7 Å². The number of aryl methyl sites for hydroxylation is 2. The Morgan fingerprint density at radius 2 is 1.62 bits per heavy atom. The van der Waals surface area contributed by atoms with Gasteiger partial charge in [-0.2, -0.15) is 0 Å². The summed E-state index contributed by atoms with van der Waals surface area (Å²) in [5, 5.41) is 12.5. The molecule has 0 aliphatic carbocycles. The van der Waals surface area contributed by atoms with Gasteiger partial charge in [0, 0.05) is 10.9 Å². The van der Waals surface area contributed by atoms with Gasteiger partial charge in [0.2, 0.25) is 0 Å². The molecule has 1 amide bonds. The van der Waals surface area contributed by atoms with E-state index in [4.69, 9.17) is 4.74 Å². The summed E-state index contributed by atoms with van der Waals surface area (Å²) in [7, 11) is 1.59. The van der Waals surface area contributed by atoms with Crippen molar-refractivity contribution in [1.82, 2.24) is 10.2 Å². The molecule has 0 aliphatic rings. The minimum absolute atomic E-state index is 0.252. The molecule has 144 valence electrons. The van der Waals surface area contributed by atoms with Crippen molar-refractivity contribution in [3.05, 3.63) is 83.4 Å². The second-order valence-electron chi connectivity index (χ2n) is 6.97. The molecule has 0 fully saturated rings. The second kappa shape index (κ2) is 7.72.